The molecular formula is C14H19N5O3. The molecule has 1 saturated heterocycles. The Bertz CT molecular complexity index is 686. The molecule has 8 heteroatoms. The number of rotatable bonds is 3. The maximum absolute atomic E-state index is 9.44. The van der Waals surface area contributed by atoms with E-state index in [4.69, 9.17) is 15.2 Å². The Morgan fingerprint density at radius 3 is 2.32 bits per heavy atom. The van der Waals surface area contributed by atoms with Crippen molar-refractivity contribution in [2.24, 2.45) is 0 Å². The molecule has 1 aromatic heterocycles. The molecule has 0 amide bonds. The van der Waals surface area contributed by atoms with Crippen LogP contribution in [0.4, 0.5) is 11.8 Å². The third-order valence-electron chi connectivity index (χ3n) is 3.76. The van der Waals surface area contributed by atoms with Gasteiger partial charge in [0.1, 0.15) is 5.82 Å². The molecule has 3 N–H and O–H groups in total. The van der Waals surface area contributed by atoms with Gasteiger partial charge in [-0.3, -0.25) is 0 Å². The van der Waals surface area contributed by atoms with Crippen molar-refractivity contribution >= 4 is 22.7 Å². The van der Waals surface area contributed by atoms with Gasteiger partial charge in [-0.15, -0.1) is 0 Å². The summed E-state index contributed by atoms with van der Waals surface area (Å²) in [6.07, 6.45) is 0. The number of ether oxygens (including phenoxy) is 2. The number of fused-ring (bicyclic) bond motifs is 1. The molecule has 1 aliphatic rings. The van der Waals surface area contributed by atoms with Crippen LogP contribution >= 0.6 is 0 Å². The highest BCUT2D eigenvalue weighted by Gasteiger charge is 2.19. The zero-order valence-corrected chi connectivity index (χ0v) is 12.6. The van der Waals surface area contributed by atoms with Gasteiger partial charge >= 0.3 is 0 Å². The van der Waals surface area contributed by atoms with Gasteiger partial charge in [0.25, 0.3) is 0 Å². The largest absolute Gasteiger partial charge is 0.493 e. The summed E-state index contributed by atoms with van der Waals surface area (Å²) in [6.45, 7) is 2.39. The van der Waals surface area contributed by atoms with Crippen LogP contribution in [0.25, 0.3) is 10.9 Å². The third kappa shape index (κ3) is 2.58. The lowest BCUT2D eigenvalue weighted by Crippen LogP contribution is -2.45. The summed E-state index contributed by atoms with van der Waals surface area (Å²) in [4.78, 5) is 10.9. The van der Waals surface area contributed by atoms with Crippen LogP contribution in [0.3, 0.4) is 0 Å². The molecule has 0 atom stereocenters. The quantitative estimate of drug-likeness (QED) is 0.857. The van der Waals surface area contributed by atoms with Crippen LogP contribution in [0.2, 0.25) is 0 Å². The van der Waals surface area contributed by atoms with Crippen molar-refractivity contribution in [2.45, 2.75) is 0 Å². The normalized spacial score (nSPS) is 16.0. The minimum Gasteiger partial charge on any atom is -0.493 e. The molecule has 1 aliphatic heterocycles. The van der Waals surface area contributed by atoms with Crippen LogP contribution in [-0.2, 0) is 0 Å². The number of methoxy groups -OCH3 is 2. The van der Waals surface area contributed by atoms with Gasteiger partial charge in [-0.05, 0) is 6.07 Å². The van der Waals surface area contributed by atoms with E-state index in [9.17, 15) is 5.21 Å². The van der Waals surface area contributed by atoms with E-state index in [0.717, 1.165) is 5.39 Å². The van der Waals surface area contributed by atoms with Crippen LogP contribution in [-0.4, -0.2) is 60.6 Å². The molecule has 0 aliphatic carbocycles. The number of hydrogen-bond donors (Lipinski definition) is 2. The Morgan fingerprint density at radius 2 is 1.68 bits per heavy atom. The Hall–Kier alpha value is -2.32. The number of hydrogen-bond acceptors (Lipinski definition) is 8. The second-order valence-electron chi connectivity index (χ2n) is 5.07. The van der Waals surface area contributed by atoms with E-state index in [0.29, 0.717) is 55.0 Å². The van der Waals surface area contributed by atoms with Crippen molar-refractivity contribution in [3.63, 3.8) is 0 Å². The Kier molecular flexibility index (Phi) is 3.86. The molecule has 1 fully saturated rings. The van der Waals surface area contributed by atoms with Gasteiger partial charge in [0.15, 0.2) is 11.5 Å². The smallest absolute Gasteiger partial charge is 0.227 e. The maximum Gasteiger partial charge on any atom is 0.227 e. The molecular weight excluding hydrogens is 286 g/mol. The van der Waals surface area contributed by atoms with E-state index in [-0.39, 0.29) is 0 Å². The summed E-state index contributed by atoms with van der Waals surface area (Å²) in [7, 11) is 3.15. The lowest BCUT2D eigenvalue weighted by atomic mass is 10.2. The average molecular weight is 305 g/mol. The Labute approximate surface area is 128 Å². The van der Waals surface area contributed by atoms with Crippen LogP contribution in [0.1, 0.15) is 0 Å². The zero-order valence-electron chi connectivity index (χ0n) is 12.6. The van der Waals surface area contributed by atoms with Gasteiger partial charge < -0.3 is 25.3 Å². The van der Waals surface area contributed by atoms with Crippen LogP contribution in [0, 0.1) is 0 Å². The molecule has 8 nitrogen and oxygen atoms in total. The molecule has 2 heterocycles. The number of nitrogen functional groups attached to an aromatic ring is 1. The highest BCUT2D eigenvalue weighted by atomic mass is 16.5. The van der Waals surface area contributed by atoms with Gasteiger partial charge in [0.2, 0.25) is 5.95 Å². The lowest BCUT2D eigenvalue weighted by molar-refractivity contribution is -0.0937. The second-order valence-corrected chi connectivity index (χ2v) is 5.07. The van der Waals surface area contributed by atoms with E-state index in [1.54, 1.807) is 26.4 Å². The first kappa shape index (κ1) is 14.6. The molecule has 0 unspecified atom stereocenters. The predicted molar refractivity (Wildman–Crippen MR) is 82.6 cm³/mol. The fourth-order valence-corrected chi connectivity index (χ4v) is 2.50. The number of nitrogens with zero attached hydrogens (tertiary/aromatic N) is 4. The average Bonchev–Trinajstić information content (AvgIpc) is 2.54. The molecule has 0 spiro atoms. The van der Waals surface area contributed by atoms with Crippen molar-refractivity contribution in [1.82, 2.24) is 15.0 Å². The number of anilines is 2. The molecule has 0 saturated carbocycles. The van der Waals surface area contributed by atoms with E-state index in [1.165, 1.54) is 5.06 Å². The van der Waals surface area contributed by atoms with Crippen LogP contribution in [0.15, 0.2) is 12.1 Å². The van der Waals surface area contributed by atoms with E-state index < -0.39 is 0 Å². The van der Waals surface area contributed by atoms with E-state index in [1.807, 2.05) is 4.90 Å². The van der Waals surface area contributed by atoms with Crippen molar-refractivity contribution in [1.29, 1.82) is 0 Å². The summed E-state index contributed by atoms with van der Waals surface area (Å²) >= 11 is 0. The number of aromatic nitrogens is 2. The van der Waals surface area contributed by atoms with E-state index in [2.05, 4.69) is 9.97 Å². The van der Waals surface area contributed by atoms with Crippen molar-refractivity contribution in [2.75, 3.05) is 51.0 Å². The van der Waals surface area contributed by atoms with Crippen molar-refractivity contribution in [3.05, 3.63) is 12.1 Å². The first-order chi connectivity index (χ1) is 10.6. The van der Waals surface area contributed by atoms with Gasteiger partial charge in [-0.2, -0.15) is 10.0 Å². The monoisotopic (exact) mass is 305 g/mol. The predicted octanol–water partition coefficient (Wildman–Crippen LogP) is 0.740. The maximum atomic E-state index is 9.44. The summed E-state index contributed by atoms with van der Waals surface area (Å²) in [5, 5.41) is 11.4. The van der Waals surface area contributed by atoms with Crippen LogP contribution in [0.5, 0.6) is 11.5 Å². The molecule has 22 heavy (non-hydrogen) atoms. The summed E-state index contributed by atoms with van der Waals surface area (Å²) in [5.74, 6) is 2.14. The van der Waals surface area contributed by atoms with Crippen LogP contribution < -0.4 is 20.1 Å². The fraction of sp³-hybridized carbons (Fsp3) is 0.429. The molecule has 0 radical (unpaired) electrons. The second kappa shape index (κ2) is 5.82. The molecule has 118 valence electrons. The minimum absolute atomic E-state index is 0.396. The number of hydroxylamine groups is 2. The van der Waals surface area contributed by atoms with Gasteiger partial charge in [-0.25, -0.2) is 4.98 Å². The topological polar surface area (TPSA) is 97.0 Å². The lowest BCUT2D eigenvalue weighted by Gasteiger charge is -2.31. The van der Waals surface area contributed by atoms with Crippen molar-refractivity contribution < 1.29 is 14.7 Å². The minimum atomic E-state index is 0.396. The summed E-state index contributed by atoms with van der Waals surface area (Å²) in [6, 6.07) is 3.57. The Morgan fingerprint density at radius 1 is 1.05 bits per heavy atom. The fourth-order valence-electron chi connectivity index (χ4n) is 2.50. The molecule has 1 aromatic carbocycles. The molecule has 3 rings (SSSR count). The summed E-state index contributed by atoms with van der Waals surface area (Å²) < 4.78 is 10.6. The third-order valence-corrected chi connectivity index (χ3v) is 3.76. The SMILES string of the molecule is COc1cc2nc(N3CCN(O)CC3)nc(N)c2cc1OC. The first-order valence-electron chi connectivity index (χ1n) is 7.00. The zero-order chi connectivity index (χ0) is 15.7. The number of benzene rings is 1. The van der Waals surface area contributed by atoms with E-state index >= 15 is 0 Å². The van der Waals surface area contributed by atoms with Crippen molar-refractivity contribution in [3.8, 4) is 11.5 Å². The number of piperazine rings is 1. The molecule has 2 aromatic rings. The van der Waals surface area contributed by atoms with Gasteiger partial charge in [-0.1, -0.05) is 0 Å². The highest BCUT2D eigenvalue weighted by Crippen LogP contribution is 2.34. The standard InChI is InChI=1S/C14H19N5O3/c1-21-11-7-9-10(8-12(11)22-2)16-14(17-13(9)15)18-3-5-19(20)6-4-18/h7-8,20H,3-6H2,1-2H3,(H2,15,16,17). The first-order valence-corrected chi connectivity index (χ1v) is 7.00. The Balaban J connectivity index is 2.03. The summed E-state index contributed by atoms with van der Waals surface area (Å²) in [5.41, 5.74) is 6.77. The number of nitrogens with two attached hydrogens (primary N) is 1. The molecule has 0 bridgehead atoms. The van der Waals surface area contributed by atoms with Gasteiger partial charge in [0, 0.05) is 37.6 Å². The van der Waals surface area contributed by atoms with Gasteiger partial charge in [0.05, 0.1) is 19.7 Å². The highest BCUT2D eigenvalue weighted by molar-refractivity contribution is 5.91.